The SMILES string of the molecule is Cc1ccccc1/C=C1\Oc2cc(OC(=O)c3ccco3)ccc2C1=O. The maximum Gasteiger partial charge on any atom is 0.379 e. The molecule has 0 saturated carbocycles. The minimum absolute atomic E-state index is 0.0997. The number of ether oxygens (including phenoxy) is 2. The molecule has 0 N–H and O–H groups in total. The van der Waals surface area contributed by atoms with E-state index in [4.69, 9.17) is 13.9 Å². The third-order valence-corrected chi connectivity index (χ3v) is 4.05. The number of allylic oxidation sites excluding steroid dienone is 1. The Hall–Kier alpha value is -3.60. The summed E-state index contributed by atoms with van der Waals surface area (Å²) >= 11 is 0. The zero-order chi connectivity index (χ0) is 18.1. The van der Waals surface area contributed by atoms with Crippen molar-refractivity contribution in [3.63, 3.8) is 0 Å². The molecule has 0 bridgehead atoms. The maximum atomic E-state index is 12.5. The van der Waals surface area contributed by atoms with Crippen LogP contribution in [0.5, 0.6) is 11.5 Å². The second-order valence-electron chi connectivity index (χ2n) is 5.82. The molecular weight excluding hydrogens is 332 g/mol. The summed E-state index contributed by atoms with van der Waals surface area (Å²) in [5.74, 6) is 0.156. The van der Waals surface area contributed by atoms with Crippen molar-refractivity contribution in [2.24, 2.45) is 0 Å². The minimum atomic E-state index is -0.616. The molecule has 0 fully saturated rings. The molecule has 0 amide bonds. The van der Waals surface area contributed by atoms with Crippen molar-refractivity contribution in [2.75, 3.05) is 0 Å². The van der Waals surface area contributed by atoms with Gasteiger partial charge in [-0.05, 0) is 48.4 Å². The van der Waals surface area contributed by atoms with Crippen LogP contribution in [0, 0.1) is 6.92 Å². The first-order chi connectivity index (χ1) is 12.6. The number of hydrogen-bond acceptors (Lipinski definition) is 5. The van der Waals surface area contributed by atoms with Gasteiger partial charge in [0.1, 0.15) is 11.5 Å². The number of fused-ring (bicyclic) bond motifs is 1. The normalized spacial score (nSPS) is 14.2. The van der Waals surface area contributed by atoms with E-state index in [-0.39, 0.29) is 23.1 Å². The fraction of sp³-hybridized carbons (Fsp3) is 0.0476. The van der Waals surface area contributed by atoms with Gasteiger partial charge in [-0.1, -0.05) is 24.3 Å². The largest absolute Gasteiger partial charge is 0.457 e. The van der Waals surface area contributed by atoms with Crippen LogP contribution >= 0.6 is 0 Å². The van der Waals surface area contributed by atoms with Gasteiger partial charge in [0, 0.05) is 6.07 Å². The second kappa shape index (κ2) is 6.37. The van der Waals surface area contributed by atoms with Gasteiger partial charge in [-0.15, -0.1) is 0 Å². The Labute approximate surface area is 149 Å². The average molecular weight is 346 g/mol. The van der Waals surface area contributed by atoms with E-state index in [9.17, 15) is 9.59 Å². The summed E-state index contributed by atoms with van der Waals surface area (Å²) in [5.41, 5.74) is 2.39. The molecule has 5 heteroatoms. The Kier molecular flexibility index (Phi) is 3.89. The topological polar surface area (TPSA) is 65.7 Å². The van der Waals surface area contributed by atoms with Crippen LogP contribution in [0.15, 0.2) is 71.0 Å². The van der Waals surface area contributed by atoms with Crippen LogP contribution in [0.1, 0.15) is 32.0 Å². The van der Waals surface area contributed by atoms with E-state index in [0.717, 1.165) is 11.1 Å². The Morgan fingerprint density at radius 3 is 2.69 bits per heavy atom. The van der Waals surface area contributed by atoms with Crippen LogP contribution in [-0.2, 0) is 0 Å². The van der Waals surface area contributed by atoms with E-state index in [0.29, 0.717) is 11.3 Å². The number of carbonyl (C=O) groups is 2. The summed E-state index contributed by atoms with van der Waals surface area (Å²) in [4.78, 5) is 24.5. The highest BCUT2D eigenvalue weighted by molar-refractivity contribution is 6.14. The van der Waals surface area contributed by atoms with Crippen LogP contribution in [0.25, 0.3) is 6.08 Å². The molecule has 0 unspecified atom stereocenters. The average Bonchev–Trinajstić information content (AvgIpc) is 3.26. The Bertz CT molecular complexity index is 1030. The van der Waals surface area contributed by atoms with Crippen molar-refractivity contribution < 1.29 is 23.5 Å². The summed E-state index contributed by atoms with van der Waals surface area (Å²) in [6.07, 6.45) is 3.11. The molecule has 5 nitrogen and oxygen atoms in total. The third kappa shape index (κ3) is 2.91. The van der Waals surface area contributed by atoms with Crippen molar-refractivity contribution >= 4 is 17.8 Å². The first kappa shape index (κ1) is 15.9. The molecule has 2 heterocycles. The highest BCUT2D eigenvalue weighted by Crippen LogP contribution is 2.35. The number of benzene rings is 2. The molecule has 0 saturated heterocycles. The van der Waals surface area contributed by atoms with Gasteiger partial charge in [-0.3, -0.25) is 4.79 Å². The Balaban J connectivity index is 1.59. The summed E-state index contributed by atoms with van der Waals surface area (Å²) in [6, 6.07) is 15.5. The van der Waals surface area contributed by atoms with Crippen molar-refractivity contribution in [3.05, 3.63) is 89.1 Å². The molecule has 4 rings (SSSR count). The quantitative estimate of drug-likeness (QED) is 0.399. The molecule has 0 radical (unpaired) electrons. The van der Waals surface area contributed by atoms with E-state index >= 15 is 0 Å². The van der Waals surface area contributed by atoms with E-state index in [2.05, 4.69) is 0 Å². The number of ketones is 1. The lowest BCUT2D eigenvalue weighted by atomic mass is 10.1. The Morgan fingerprint density at radius 2 is 1.92 bits per heavy atom. The maximum absolute atomic E-state index is 12.5. The number of Topliss-reactive ketones (excluding diaryl/α,β-unsaturated/α-hetero) is 1. The van der Waals surface area contributed by atoms with Gasteiger partial charge < -0.3 is 13.9 Å². The molecule has 1 aromatic heterocycles. The van der Waals surface area contributed by atoms with Crippen molar-refractivity contribution in [2.45, 2.75) is 6.92 Å². The molecule has 0 spiro atoms. The highest BCUT2D eigenvalue weighted by atomic mass is 16.5. The van der Waals surface area contributed by atoms with E-state index in [1.165, 1.54) is 18.4 Å². The predicted molar refractivity (Wildman–Crippen MR) is 94.2 cm³/mol. The lowest BCUT2D eigenvalue weighted by molar-refractivity contribution is 0.0701. The number of esters is 1. The lowest BCUT2D eigenvalue weighted by Gasteiger charge is -2.04. The van der Waals surface area contributed by atoms with Gasteiger partial charge in [0.15, 0.2) is 5.76 Å². The molecule has 128 valence electrons. The smallest absolute Gasteiger partial charge is 0.379 e. The summed E-state index contributed by atoms with van der Waals surface area (Å²) in [5, 5.41) is 0. The van der Waals surface area contributed by atoms with Gasteiger partial charge in [-0.25, -0.2) is 4.79 Å². The molecule has 3 aromatic rings. The summed E-state index contributed by atoms with van der Waals surface area (Å²) in [6.45, 7) is 1.96. The standard InChI is InChI=1S/C21H14O5/c1-13-5-2-3-6-14(13)11-19-20(22)16-9-8-15(12-18(16)26-19)25-21(23)17-7-4-10-24-17/h2-12H,1H3/b19-11-. The van der Waals surface area contributed by atoms with Crippen molar-refractivity contribution in [1.82, 2.24) is 0 Å². The summed E-state index contributed by atoms with van der Waals surface area (Å²) < 4.78 is 15.9. The van der Waals surface area contributed by atoms with Gasteiger partial charge in [0.2, 0.25) is 11.5 Å². The number of aryl methyl sites for hydroxylation is 1. The van der Waals surface area contributed by atoms with Crippen LogP contribution < -0.4 is 9.47 Å². The minimum Gasteiger partial charge on any atom is -0.457 e. The van der Waals surface area contributed by atoms with Gasteiger partial charge in [0.25, 0.3) is 0 Å². The summed E-state index contributed by atoms with van der Waals surface area (Å²) in [7, 11) is 0. The van der Waals surface area contributed by atoms with Gasteiger partial charge >= 0.3 is 5.97 Å². The molecule has 0 atom stereocenters. The fourth-order valence-electron chi connectivity index (χ4n) is 2.67. The lowest BCUT2D eigenvalue weighted by Crippen LogP contribution is -2.07. The van der Waals surface area contributed by atoms with Crippen LogP contribution in [0.2, 0.25) is 0 Å². The number of hydrogen-bond donors (Lipinski definition) is 0. The highest BCUT2D eigenvalue weighted by Gasteiger charge is 2.28. The van der Waals surface area contributed by atoms with Crippen LogP contribution in [0.4, 0.5) is 0 Å². The van der Waals surface area contributed by atoms with E-state index in [1.54, 1.807) is 24.3 Å². The number of furan rings is 1. The molecule has 1 aliphatic rings. The van der Waals surface area contributed by atoms with Crippen molar-refractivity contribution in [3.8, 4) is 11.5 Å². The molecule has 2 aromatic carbocycles. The first-order valence-corrected chi connectivity index (χ1v) is 8.01. The molecule has 0 aliphatic carbocycles. The first-order valence-electron chi connectivity index (χ1n) is 8.01. The predicted octanol–water partition coefficient (Wildman–Crippen LogP) is 4.42. The van der Waals surface area contributed by atoms with E-state index < -0.39 is 5.97 Å². The number of rotatable bonds is 3. The number of carbonyl (C=O) groups excluding carboxylic acids is 2. The third-order valence-electron chi connectivity index (χ3n) is 4.05. The monoisotopic (exact) mass is 346 g/mol. The zero-order valence-electron chi connectivity index (χ0n) is 13.9. The molecule has 26 heavy (non-hydrogen) atoms. The van der Waals surface area contributed by atoms with Crippen LogP contribution in [0.3, 0.4) is 0 Å². The Morgan fingerprint density at radius 1 is 1.08 bits per heavy atom. The zero-order valence-corrected chi connectivity index (χ0v) is 13.9. The van der Waals surface area contributed by atoms with Gasteiger partial charge in [-0.2, -0.15) is 0 Å². The van der Waals surface area contributed by atoms with Crippen molar-refractivity contribution in [1.29, 1.82) is 0 Å². The molecule has 1 aliphatic heterocycles. The molecular formula is C21H14O5. The fourth-order valence-corrected chi connectivity index (χ4v) is 2.67. The van der Waals surface area contributed by atoms with Gasteiger partial charge in [0.05, 0.1) is 11.8 Å². The van der Waals surface area contributed by atoms with E-state index in [1.807, 2.05) is 31.2 Å². The van der Waals surface area contributed by atoms with Crippen LogP contribution in [-0.4, -0.2) is 11.8 Å². The second-order valence-corrected chi connectivity index (χ2v) is 5.82.